The van der Waals surface area contributed by atoms with E-state index >= 15 is 0 Å². The number of carbonyl (C=O) groups excluding carboxylic acids is 2. The van der Waals surface area contributed by atoms with Crippen molar-refractivity contribution >= 4 is 12.2 Å². The van der Waals surface area contributed by atoms with Gasteiger partial charge in [0.25, 0.3) is 0 Å². The van der Waals surface area contributed by atoms with Crippen molar-refractivity contribution < 1.29 is 55.2 Å². The molecule has 0 aromatic carbocycles. The van der Waals surface area contributed by atoms with Gasteiger partial charge in [0.15, 0.2) is 0 Å². The van der Waals surface area contributed by atoms with E-state index in [-0.39, 0.29) is 6.29 Å². The number of nitrogens with one attached hydrogen (secondary N) is 1. The van der Waals surface area contributed by atoms with Crippen molar-refractivity contribution in [2.75, 3.05) is 13.2 Å². The number of hydrogen-bond donors (Lipinski definition) is 9. The molecule has 1 aliphatic heterocycles. The second-order valence-corrected chi connectivity index (χ2v) is 6.15. The van der Waals surface area contributed by atoms with Gasteiger partial charge in [0.2, 0.25) is 5.91 Å². The lowest BCUT2D eigenvalue weighted by molar-refractivity contribution is -0.295. The number of rotatable bonds is 8. The summed E-state index contributed by atoms with van der Waals surface area (Å²) in [5.41, 5.74) is -2.94. The van der Waals surface area contributed by atoms with Crippen LogP contribution in [0.15, 0.2) is 0 Å². The van der Waals surface area contributed by atoms with Crippen molar-refractivity contribution in [1.82, 2.24) is 5.32 Å². The van der Waals surface area contributed by atoms with Crippen LogP contribution in [0, 0.1) is 0 Å². The fraction of sp³-hybridized carbons (Fsp3) is 0.857. The number of amides is 1. The molecule has 1 amide bonds. The standard InChI is InChI=1S/C14H25NO11/c1-5(19)15-8(4-18)14(25,12(24)6(20)2-16)13-11(23)10(22)9(21)7(3-17)26-13/h4,6-13,16-17,20-25H,2-3H2,1H3,(H,15,19)/t6-,7-,8+,9+,10+,11-,12-,13?,14-/m1/s1. The first kappa shape index (κ1) is 22.8. The van der Waals surface area contributed by atoms with Crippen molar-refractivity contribution in [3.8, 4) is 0 Å². The third-order valence-corrected chi connectivity index (χ3v) is 4.37. The van der Waals surface area contributed by atoms with E-state index in [0.717, 1.165) is 6.92 Å². The fourth-order valence-electron chi connectivity index (χ4n) is 2.90. The maximum atomic E-state index is 11.4. The Morgan fingerprint density at radius 2 is 1.77 bits per heavy atom. The predicted molar refractivity (Wildman–Crippen MR) is 81.5 cm³/mol. The molecule has 1 fully saturated rings. The molecule has 12 heteroatoms. The normalized spacial score (nSPS) is 35.0. The van der Waals surface area contributed by atoms with E-state index in [2.05, 4.69) is 0 Å². The zero-order valence-corrected chi connectivity index (χ0v) is 13.9. The van der Waals surface area contributed by atoms with Crippen LogP contribution < -0.4 is 5.32 Å². The zero-order valence-electron chi connectivity index (χ0n) is 13.9. The lowest BCUT2D eigenvalue weighted by atomic mass is 9.75. The van der Waals surface area contributed by atoms with Gasteiger partial charge in [0.05, 0.1) is 13.2 Å². The average molecular weight is 383 g/mol. The molecule has 0 aliphatic carbocycles. The van der Waals surface area contributed by atoms with Gasteiger partial charge < -0.3 is 55.7 Å². The van der Waals surface area contributed by atoms with Crippen LogP contribution in [-0.2, 0) is 14.3 Å². The lowest BCUT2D eigenvalue weighted by Gasteiger charge is -2.50. The Morgan fingerprint density at radius 1 is 1.19 bits per heavy atom. The van der Waals surface area contributed by atoms with E-state index in [1.165, 1.54) is 0 Å². The Bertz CT molecular complexity index is 490. The Labute approximate surface area is 148 Å². The summed E-state index contributed by atoms with van der Waals surface area (Å²) in [4.78, 5) is 22.7. The van der Waals surface area contributed by atoms with Crippen molar-refractivity contribution in [2.45, 2.75) is 61.3 Å². The molecular formula is C14H25NO11. The van der Waals surface area contributed by atoms with Gasteiger partial charge in [-0.15, -0.1) is 0 Å². The predicted octanol–water partition coefficient (Wildman–Crippen LogP) is -6.02. The van der Waals surface area contributed by atoms with E-state index < -0.39 is 73.5 Å². The average Bonchev–Trinajstić information content (AvgIpc) is 2.62. The fourth-order valence-corrected chi connectivity index (χ4v) is 2.90. The summed E-state index contributed by atoms with van der Waals surface area (Å²) in [7, 11) is 0. The minimum atomic E-state index is -2.94. The number of aliphatic hydroxyl groups is 8. The highest BCUT2D eigenvalue weighted by Gasteiger charge is 2.60. The second kappa shape index (κ2) is 9.12. The molecule has 0 spiro atoms. The van der Waals surface area contributed by atoms with Crippen LogP contribution in [0.1, 0.15) is 6.92 Å². The number of ether oxygens (including phenoxy) is 1. The van der Waals surface area contributed by atoms with Crippen LogP contribution in [0.5, 0.6) is 0 Å². The molecule has 1 aliphatic rings. The van der Waals surface area contributed by atoms with Crippen LogP contribution in [0.25, 0.3) is 0 Å². The van der Waals surface area contributed by atoms with Gasteiger partial charge in [0, 0.05) is 6.92 Å². The van der Waals surface area contributed by atoms with Crippen molar-refractivity contribution in [2.24, 2.45) is 0 Å². The molecule has 9 N–H and O–H groups in total. The van der Waals surface area contributed by atoms with Crippen molar-refractivity contribution in [3.63, 3.8) is 0 Å². The van der Waals surface area contributed by atoms with Crippen LogP contribution in [0.2, 0.25) is 0 Å². The Hall–Kier alpha value is -1.22. The summed E-state index contributed by atoms with van der Waals surface area (Å²) in [6, 6.07) is -1.95. The molecule has 152 valence electrons. The highest BCUT2D eigenvalue weighted by Crippen LogP contribution is 2.33. The van der Waals surface area contributed by atoms with Crippen LogP contribution in [0.4, 0.5) is 0 Å². The third kappa shape index (κ3) is 4.19. The summed E-state index contributed by atoms with van der Waals surface area (Å²) < 4.78 is 5.15. The minimum Gasteiger partial charge on any atom is -0.394 e. The van der Waals surface area contributed by atoms with E-state index in [0.29, 0.717) is 0 Å². The Balaban J connectivity index is 3.42. The van der Waals surface area contributed by atoms with E-state index in [9.17, 15) is 45.3 Å². The SMILES string of the molecule is CC(=O)N[C@@H](C=O)[C@](O)(C1O[C@H](CO)[C@H](O)[C@H](O)[C@H]1O)[C@H](O)[C@H](O)CO. The molecule has 9 atom stereocenters. The molecule has 0 bridgehead atoms. The molecule has 26 heavy (non-hydrogen) atoms. The van der Waals surface area contributed by atoms with Gasteiger partial charge in [-0.05, 0) is 0 Å². The first-order valence-electron chi connectivity index (χ1n) is 7.78. The monoisotopic (exact) mass is 383 g/mol. The van der Waals surface area contributed by atoms with E-state index in [1.54, 1.807) is 0 Å². The van der Waals surface area contributed by atoms with Crippen LogP contribution >= 0.6 is 0 Å². The maximum absolute atomic E-state index is 11.4. The molecule has 1 rings (SSSR count). The van der Waals surface area contributed by atoms with Crippen LogP contribution in [0.3, 0.4) is 0 Å². The lowest BCUT2D eigenvalue weighted by Crippen LogP contribution is -2.75. The topological polar surface area (TPSA) is 217 Å². The number of carbonyl (C=O) groups is 2. The number of aliphatic hydroxyl groups excluding tert-OH is 7. The van der Waals surface area contributed by atoms with Gasteiger partial charge in [-0.25, -0.2) is 0 Å². The third-order valence-electron chi connectivity index (χ3n) is 4.37. The number of hydrogen-bond acceptors (Lipinski definition) is 11. The Morgan fingerprint density at radius 3 is 2.19 bits per heavy atom. The van der Waals surface area contributed by atoms with Gasteiger partial charge in [0.1, 0.15) is 60.7 Å². The van der Waals surface area contributed by atoms with Gasteiger partial charge in [-0.3, -0.25) is 4.79 Å². The summed E-state index contributed by atoms with van der Waals surface area (Å²) in [6.45, 7) is -0.937. The van der Waals surface area contributed by atoms with Gasteiger partial charge >= 0.3 is 0 Å². The summed E-state index contributed by atoms with van der Waals surface area (Å²) in [6.07, 6.45) is -13.7. The van der Waals surface area contributed by atoms with Crippen LogP contribution in [-0.4, -0.2) is 121 Å². The van der Waals surface area contributed by atoms with E-state index in [4.69, 9.17) is 9.84 Å². The smallest absolute Gasteiger partial charge is 0.217 e. The highest BCUT2D eigenvalue weighted by atomic mass is 16.6. The Kier molecular flexibility index (Phi) is 8.01. The number of aldehydes is 1. The molecule has 1 saturated heterocycles. The largest absolute Gasteiger partial charge is 0.394 e. The van der Waals surface area contributed by atoms with Crippen molar-refractivity contribution in [1.29, 1.82) is 0 Å². The molecule has 0 aromatic heterocycles. The summed E-state index contributed by atoms with van der Waals surface area (Å²) in [5, 5.41) is 81.1. The molecule has 12 nitrogen and oxygen atoms in total. The van der Waals surface area contributed by atoms with Gasteiger partial charge in [-0.1, -0.05) is 0 Å². The summed E-state index contributed by atoms with van der Waals surface area (Å²) in [5.74, 6) is -0.823. The molecule has 1 heterocycles. The van der Waals surface area contributed by atoms with E-state index in [1.807, 2.05) is 5.32 Å². The summed E-state index contributed by atoms with van der Waals surface area (Å²) >= 11 is 0. The van der Waals surface area contributed by atoms with Crippen molar-refractivity contribution in [3.05, 3.63) is 0 Å². The molecule has 0 aromatic rings. The zero-order chi connectivity index (χ0) is 20.2. The minimum absolute atomic E-state index is 0.00381. The quantitative estimate of drug-likeness (QED) is 0.180. The highest BCUT2D eigenvalue weighted by molar-refractivity contribution is 5.78. The molecular weight excluding hydrogens is 358 g/mol. The van der Waals surface area contributed by atoms with Gasteiger partial charge in [-0.2, -0.15) is 0 Å². The molecule has 0 radical (unpaired) electrons. The first-order valence-corrected chi connectivity index (χ1v) is 7.78. The molecule has 0 saturated carbocycles. The maximum Gasteiger partial charge on any atom is 0.217 e. The first-order chi connectivity index (χ1) is 12.1. The second-order valence-electron chi connectivity index (χ2n) is 6.15. The molecule has 1 unspecified atom stereocenters.